The van der Waals surface area contributed by atoms with E-state index < -0.39 is 23.9 Å². The highest BCUT2D eigenvalue weighted by Crippen LogP contribution is 2.33. The minimum Gasteiger partial charge on any atom is -0.490 e. The fourth-order valence-electron chi connectivity index (χ4n) is 4.02. The van der Waals surface area contributed by atoms with Crippen LogP contribution < -0.4 is 26.4 Å². The van der Waals surface area contributed by atoms with Crippen molar-refractivity contribution in [1.29, 1.82) is 0 Å². The molecule has 0 fully saturated rings. The van der Waals surface area contributed by atoms with Gasteiger partial charge in [-0.1, -0.05) is 0 Å². The van der Waals surface area contributed by atoms with E-state index >= 15 is 0 Å². The van der Waals surface area contributed by atoms with Gasteiger partial charge >= 0.3 is 11.9 Å². The van der Waals surface area contributed by atoms with Gasteiger partial charge in [-0.3, -0.25) is 9.59 Å². The van der Waals surface area contributed by atoms with E-state index in [-0.39, 0.29) is 24.6 Å². The van der Waals surface area contributed by atoms with Gasteiger partial charge in [0, 0.05) is 12.0 Å². The van der Waals surface area contributed by atoms with E-state index in [0.29, 0.717) is 54.3 Å². The molecule has 0 unspecified atom stereocenters. The van der Waals surface area contributed by atoms with Gasteiger partial charge in [0.1, 0.15) is 18.4 Å². The molecule has 5 N–H and O–H groups in total. The number of esters is 2. The SMILES string of the molecule is COC(=O)CCC[C@H](NC(=O)c1ccc2c(c1)OCCN2Cc1cnc2nc(N)nc(N)c2n1)C(=O)OC. The number of amides is 1. The Hall–Kier alpha value is -4.75. The third kappa shape index (κ3) is 5.96. The second-order valence-electron chi connectivity index (χ2n) is 8.47. The molecule has 0 saturated heterocycles. The molecule has 0 radical (unpaired) electrons. The molecule has 2 aromatic heterocycles. The molecule has 0 aliphatic carbocycles. The van der Waals surface area contributed by atoms with Crippen molar-refractivity contribution in [2.45, 2.75) is 31.8 Å². The number of nitrogen functional groups attached to an aromatic ring is 2. The molecule has 0 saturated carbocycles. The first kappa shape index (κ1) is 26.3. The van der Waals surface area contributed by atoms with Crippen molar-refractivity contribution in [3.63, 3.8) is 0 Å². The van der Waals surface area contributed by atoms with Crippen LogP contribution in [0.15, 0.2) is 24.4 Å². The molecule has 0 bridgehead atoms. The van der Waals surface area contributed by atoms with Crippen LogP contribution in [0.5, 0.6) is 5.75 Å². The van der Waals surface area contributed by atoms with Crippen molar-refractivity contribution < 1.29 is 28.6 Å². The zero-order chi connectivity index (χ0) is 27.2. The zero-order valence-corrected chi connectivity index (χ0v) is 21.0. The highest BCUT2D eigenvalue weighted by molar-refractivity contribution is 5.97. The first-order valence-corrected chi connectivity index (χ1v) is 11.8. The smallest absolute Gasteiger partial charge is 0.328 e. The van der Waals surface area contributed by atoms with Crippen LogP contribution in [-0.4, -0.2) is 71.2 Å². The Morgan fingerprint density at radius 2 is 1.97 bits per heavy atom. The van der Waals surface area contributed by atoms with E-state index in [1.54, 1.807) is 24.4 Å². The van der Waals surface area contributed by atoms with Gasteiger partial charge in [0.05, 0.1) is 44.9 Å². The summed E-state index contributed by atoms with van der Waals surface area (Å²) in [6.07, 6.45) is 2.28. The number of ether oxygens (including phenoxy) is 3. The van der Waals surface area contributed by atoms with Crippen molar-refractivity contribution in [3.8, 4) is 5.75 Å². The Bertz CT molecular complexity index is 1370. The highest BCUT2D eigenvalue weighted by Gasteiger charge is 2.25. The molecular weight excluding hydrogens is 496 g/mol. The molecule has 38 heavy (non-hydrogen) atoms. The summed E-state index contributed by atoms with van der Waals surface area (Å²) in [6, 6.07) is 4.10. The summed E-state index contributed by atoms with van der Waals surface area (Å²) >= 11 is 0. The summed E-state index contributed by atoms with van der Waals surface area (Å²) in [5, 5.41) is 2.67. The number of carbonyl (C=O) groups excluding carboxylic acids is 3. The molecule has 1 aromatic carbocycles. The quantitative estimate of drug-likeness (QED) is 0.329. The Balaban J connectivity index is 1.47. The molecule has 3 heterocycles. The second-order valence-corrected chi connectivity index (χ2v) is 8.47. The Morgan fingerprint density at radius 3 is 2.74 bits per heavy atom. The summed E-state index contributed by atoms with van der Waals surface area (Å²) < 4.78 is 15.2. The maximum absolute atomic E-state index is 12.9. The van der Waals surface area contributed by atoms with E-state index in [1.165, 1.54) is 14.2 Å². The van der Waals surface area contributed by atoms with Crippen LogP contribution in [-0.2, 0) is 25.6 Å². The van der Waals surface area contributed by atoms with E-state index in [9.17, 15) is 14.4 Å². The molecular formula is C24H28N8O6. The summed E-state index contributed by atoms with van der Waals surface area (Å²) in [4.78, 5) is 55.3. The number of methoxy groups -OCH3 is 2. The summed E-state index contributed by atoms with van der Waals surface area (Å²) in [5.74, 6) is -0.791. The van der Waals surface area contributed by atoms with Gasteiger partial charge in [-0.05, 0) is 31.0 Å². The predicted molar refractivity (Wildman–Crippen MR) is 136 cm³/mol. The largest absolute Gasteiger partial charge is 0.490 e. The van der Waals surface area contributed by atoms with Crippen LogP contribution in [0.4, 0.5) is 17.5 Å². The number of hydrogen-bond acceptors (Lipinski definition) is 13. The highest BCUT2D eigenvalue weighted by atomic mass is 16.5. The Morgan fingerprint density at radius 1 is 1.16 bits per heavy atom. The third-order valence-corrected chi connectivity index (χ3v) is 5.93. The van der Waals surface area contributed by atoms with Crippen molar-refractivity contribution >= 4 is 46.5 Å². The van der Waals surface area contributed by atoms with Gasteiger partial charge in [0.25, 0.3) is 5.91 Å². The second kappa shape index (κ2) is 11.5. The number of benzene rings is 1. The standard InChI is InChI=1S/C24H28N8O6/c1-36-18(33)5-3-4-15(23(35)37-2)29-22(34)13-6-7-16-17(10-13)38-9-8-32(16)12-14-11-27-21-19(28-14)20(25)30-24(26)31-21/h6-7,10-11,15H,3-5,8-9,12H2,1-2H3,(H,29,34)(H4,25,26,27,30,31)/t15-/m0/s1. The average molecular weight is 525 g/mol. The topological polar surface area (TPSA) is 198 Å². The molecule has 0 spiro atoms. The maximum atomic E-state index is 12.9. The molecule has 1 aliphatic rings. The molecule has 1 atom stereocenters. The fourth-order valence-corrected chi connectivity index (χ4v) is 4.02. The van der Waals surface area contributed by atoms with Crippen LogP contribution in [0.25, 0.3) is 11.2 Å². The Labute approximate surface area is 217 Å². The summed E-state index contributed by atoms with van der Waals surface area (Å²) in [5.41, 5.74) is 13.9. The minimum atomic E-state index is -0.913. The molecule has 3 aromatic rings. The number of nitrogens with two attached hydrogens (primary N) is 2. The maximum Gasteiger partial charge on any atom is 0.328 e. The molecule has 200 valence electrons. The van der Waals surface area contributed by atoms with Gasteiger partial charge in [-0.15, -0.1) is 0 Å². The lowest BCUT2D eigenvalue weighted by Gasteiger charge is -2.31. The fraction of sp³-hybridized carbons (Fsp3) is 0.375. The third-order valence-electron chi connectivity index (χ3n) is 5.93. The summed E-state index contributed by atoms with van der Waals surface area (Å²) in [6.45, 7) is 1.37. The van der Waals surface area contributed by atoms with Crippen LogP contribution >= 0.6 is 0 Å². The van der Waals surface area contributed by atoms with E-state index in [4.69, 9.17) is 20.9 Å². The lowest BCUT2D eigenvalue weighted by atomic mass is 10.1. The predicted octanol–water partition coefficient (Wildman–Crippen LogP) is 0.598. The van der Waals surface area contributed by atoms with Crippen LogP contribution in [0.1, 0.15) is 35.3 Å². The number of aromatic nitrogens is 4. The molecule has 14 nitrogen and oxygen atoms in total. The molecule has 1 amide bonds. The first-order valence-electron chi connectivity index (χ1n) is 11.8. The van der Waals surface area contributed by atoms with Gasteiger partial charge in [0.2, 0.25) is 5.95 Å². The number of fused-ring (bicyclic) bond motifs is 2. The number of anilines is 3. The van der Waals surface area contributed by atoms with E-state index in [2.05, 4.69) is 30.0 Å². The van der Waals surface area contributed by atoms with Crippen molar-refractivity contribution in [2.75, 3.05) is 43.7 Å². The lowest BCUT2D eigenvalue weighted by Crippen LogP contribution is -2.41. The molecule has 14 heteroatoms. The van der Waals surface area contributed by atoms with Gasteiger partial charge in [-0.2, -0.15) is 9.97 Å². The molecule has 1 aliphatic heterocycles. The van der Waals surface area contributed by atoms with Gasteiger partial charge in [-0.25, -0.2) is 14.8 Å². The Kier molecular flexibility index (Phi) is 7.99. The lowest BCUT2D eigenvalue weighted by molar-refractivity contribution is -0.144. The number of nitrogens with one attached hydrogen (secondary N) is 1. The summed E-state index contributed by atoms with van der Waals surface area (Å²) in [7, 11) is 2.53. The number of carbonyl (C=O) groups is 3. The number of rotatable bonds is 9. The normalized spacial score (nSPS) is 13.3. The number of hydrogen-bond donors (Lipinski definition) is 3. The average Bonchev–Trinajstić information content (AvgIpc) is 2.92. The van der Waals surface area contributed by atoms with Crippen molar-refractivity contribution in [2.24, 2.45) is 0 Å². The molecule has 4 rings (SSSR count). The zero-order valence-electron chi connectivity index (χ0n) is 21.0. The van der Waals surface area contributed by atoms with Crippen LogP contribution in [0.3, 0.4) is 0 Å². The van der Waals surface area contributed by atoms with Crippen LogP contribution in [0, 0.1) is 0 Å². The van der Waals surface area contributed by atoms with E-state index in [0.717, 1.165) is 5.69 Å². The van der Waals surface area contributed by atoms with Crippen molar-refractivity contribution in [3.05, 3.63) is 35.7 Å². The first-order chi connectivity index (χ1) is 18.3. The van der Waals surface area contributed by atoms with Crippen LogP contribution in [0.2, 0.25) is 0 Å². The minimum absolute atomic E-state index is 0.0260. The van der Waals surface area contributed by atoms with E-state index in [1.807, 2.05) is 4.90 Å². The van der Waals surface area contributed by atoms with Gasteiger partial charge < -0.3 is 35.9 Å². The monoisotopic (exact) mass is 524 g/mol. The van der Waals surface area contributed by atoms with Gasteiger partial charge in [0.15, 0.2) is 17.0 Å². The van der Waals surface area contributed by atoms with Crippen molar-refractivity contribution in [1.82, 2.24) is 25.3 Å². The number of nitrogens with zero attached hydrogens (tertiary/aromatic N) is 5.